The SMILES string of the molecule is COC(=O)CC1OC(=O)c2cc(F)cc(F)c21. The number of rotatable bonds is 2. The van der Waals surface area contributed by atoms with Crippen molar-refractivity contribution in [2.45, 2.75) is 12.5 Å². The van der Waals surface area contributed by atoms with Crippen molar-refractivity contribution in [1.29, 1.82) is 0 Å². The van der Waals surface area contributed by atoms with Gasteiger partial charge in [0.25, 0.3) is 0 Å². The van der Waals surface area contributed by atoms with Gasteiger partial charge in [-0.1, -0.05) is 0 Å². The number of ether oxygens (including phenoxy) is 2. The van der Waals surface area contributed by atoms with Crippen LogP contribution in [0.1, 0.15) is 28.4 Å². The Morgan fingerprint density at radius 3 is 2.82 bits per heavy atom. The van der Waals surface area contributed by atoms with E-state index in [0.29, 0.717) is 6.07 Å². The van der Waals surface area contributed by atoms with Crippen molar-refractivity contribution in [3.8, 4) is 0 Å². The Morgan fingerprint density at radius 1 is 1.47 bits per heavy atom. The average molecular weight is 242 g/mol. The van der Waals surface area contributed by atoms with Crippen LogP contribution in [0.5, 0.6) is 0 Å². The minimum Gasteiger partial charge on any atom is -0.469 e. The first-order valence-corrected chi connectivity index (χ1v) is 4.79. The van der Waals surface area contributed by atoms with Crippen molar-refractivity contribution in [3.05, 3.63) is 34.9 Å². The van der Waals surface area contributed by atoms with Gasteiger partial charge in [0.05, 0.1) is 19.1 Å². The third kappa shape index (κ3) is 1.98. The number of carbonyl (C=O) groups excluding carboxylic acids is 2. The largest absolute Gasteiger partial charge is 0.469 e. The molecule has 17 heavy (non-hydrogen) atoms. The molecule has 1 aromatic carbocycles. The van der Waals surface area contributed by atoms with Crippen molar-refractivity contribution in [3.63, 3.8) is 0 Å². The van der Waals surface area contributed by atoms with Crippen LogP contribution in [-0.2, 0) is 14.3 Å². The van der Waals surface area contributed by atoms with Gasteiger partial charge in [-0.15, -0.1) is 0 Å². The zero-order chi connectivity index (χ0) is 12.6. The Balaban J connectivity index is 2.40. The Labute approximate surface area is 95.1 Å². The molecule has 0 amide bonds. The predicted molar refractivity (Wildman–Crippen MR) is 51.1 cm³/mol. The van der Waals surface area contributed by atoms with Gasteiger partial charge in [-0.3, -0.25) is 4.79 Å². The maximum absolute atomic E-state index is 13.5. The van der Waals surface area contributed by atoms with E-state index in [1.54, 1.807) is 0 Å². The Kier molecular flexibility index (Phi) is 2.79. The molecule has 0 aliphatic carbocycles. The quantitative estimate of drug-likeness (QED) is 0.741. The lowest BCUT2D eigenvalue weighted by atomic mass is 10.0. The fraction of sp³-hybridized carbons (Fsp3) is 0.273. The summed E-state index contributed by atoms with van der Waals surface area (Å²) in [5, 5.41) is 0. The van der Waals surface area contributed by atoms with Crippen LogP contribution in [-0.4, -0.2) is 19.0 Å². The molecule has 1 aliphatic rings. The monoisotopic (exact) mass is 242 g/mol. The highest BCUT2D eigenvalue weighted by Gasteiger charge is 2.36. The highest BCUT2D eigenvalue weighted by atomic mass is 19.1. The first-order chi connectivity index (χ1) is 8.02. The molecule has 0 spiro atoms. The third-order valence-electron chi connectivity index (χ3n) is 2.47. The summed E-state index contributed by atoms with van der Waals surface area (Å²) in [5.74, 6) is -3.25. The summed E-state index contributed by atoms with van der Waals surface area (Å²) in [5.41, 5.74) is -0.279. The lowest BCUT2D eigenvalue weighted by Gasteiger charge is -2.09. The van der Waals surface area contributed by atoms with Crippen LogP contribution in [0.2, 0.25) is 0 Å². The zero-order valence-electron chi connectivity index (χ0n) is 8.83. The average Bonchev–Trinajstić information content (AvgIpc) is 2.55. The number of methoxy groups -OCH3 is 1. The Bertz CT molecular complexity index is 498. The molecule has 0 N–H and O–H groups in total. The Morgan fingerprint density at radius 2 is 2.18 bits per heavy atom. The van der Waals surface area contributed by atoms with E-state index in [0.717, 1.165) is 6.07 Å². The van der Waals surface area contributed by atoms with Crippen molar-refractivity contribution in [2.24, 2.45) is 0 Å². The second-order valence-corrected chi connectivity index (χ2v) is 3.52. The second kappa shape index (κ2) is 4.12. The molecule has 1 aliphatic heterocycles. The molecule has 0 fully saturated rings. The third-order valence-corrected chi connectivity index (χ3v) is 2.47. The van der Waals surface area contributed by atoms with Gasteiger partial charge in [-0.05, 0) is 6.07 Å². The zero-order valence-corrected chi connectivity index (χ0v) is 8.83. The summed E-state index contributed by atoms with van der Waals surface area (Å²) in [7, 11) is 1.17. The summed E-state index contributed by atoms with van der Waals surface area (Å²) >= 11 is 0. The van der Waals surface area contributed by atoms with Crippen LogP contribution in [0.4, 0.5) is 8.78 Å². The molecule has 1 unspecified atom stereocenters. The van der Waals surface area contributed by atoms with Gasteiger partial charge in [-0.2, -0.15) is 0 Å². The van der Waals surface area contributed by atoms with Crippen molar-refractivity contribution in [2.75, 3.05) is 7.11 Å². The summed E-state index contributed by atoms with van der Waals surface area (Å²) in [6.07, 6.45) is -1.34. The summed E-state index contributed by atoms with van der Waals surface area (Å²) in [6.45, 7) is 0. The highest BCUT2D eigenvalue weighted by molar-refractivity contribution is 5.94. The number of cyclic esters (lactones) is 1. The van der Waals surface area contributed by atoms with Crippen LogP contribution in [0.15, 0.2) is 12.1 Å². The smallest absolute Gasteiger partial charge is 0.339 e. The van der Waals surface area contributed by atoms with Gasteiger partial charge >= 0.3 is 11.9 Å². The first-order valence-electron chi connectivity index (χ1n) is 4.79. The van der Waals surface area contributed by atoms with Crippen LogP contribution < -0.4 is 0 Å². The number of halogens is 2. The van der Waals surface area contributed by atoms with E-state index in [-0.39, 0.29) is 17.5 Å². The van der Waals surface area contributed by atoms with E-state index < -0.39 is 29.7 Å². The number of esters is 2. The maximum atomic E-state index is 13.5. The second-order valence-electron chi connectivity index (χ2n) is 3.52. The molecule has 0 saturated heterocycles. The molecule has 0 saturated carbocycles. The molecule has 2 rings (SSSR count). The Hall–Kier alpha value is -1.98. The molecule has 1 atom stereocenters. The van der Waals surface area contributed by atoms with Gasteiger partial charge < -0.3 is 9.47 Å². The van der Waals surface area contributed by atoms with Gasteiger partial charge in [-0.25, -0.2) is 13.6 Å². The van der Waals surface area contributed by atoms with Crippen molar-refractivity contribution in [1.82, 2.24) is 0 Å². The number of fused-ring (bicyclic) bond motifs is 1. The lowest BCUT2D eigenvalue weighted by Crippen LogP contribution is -2.09. The molecule has 1 aromatic rings. The molecular formula is C11H8F2O4. The molecule has 6 heteroatoms. The molecule has 4 nitrogen and oxygen atoms in total. The highest BCUT2D eigenvalue weighted by Crippen LogP contribution is 2.35. The minimum absolute atomic E-state index is 0.0956. The normalized spacial score (nSPS) is 17.6. The first kappa shape index (κ1) is 11.5. The summed E-state index contributed by atoms with van der Waals surface area (Å²) in [4.78, 5) is 22.4. The summed E-state index contributed by atoms with van der Waals surface area (Å²) in [6, 6.07) is 1.53. The molecule has 1 heterocycles. The van der Waals surface area contributed by atoms with Crippen LogP contribution >= 0.6 is 0 Å². The molecule has 90 valence electrons. The molecule has 0 radical (unpaired) electrons. The van der Waals surface area contributed by atoms with Crippen molar-refractivity contribution >= 4 is 11.9 Å². The molecule has 0 bridgehead atoms. The lowest BCUT2D eigenvalue weighted by molar-refractivity contribution is -0.142. The predicted octanol–water partition coefficient (Wildman–Crippen LogP) is 1.74. The topological polar surface area (TPSA) is 52.6 Å². The van der Waals surface area contributed by atoms with E-state index in [9.17, 15) is 18.4 Å². The van der Waals surface area contributed by atoms with E-state index in [4.69, 9.17) is 4.74 Å². The van der Waals surface area contributed by atoms with E-state index in [1.165, 1.54) is 7.11 Å². The van der Waals surface area contributed by atoms with E-state index in [1.807, 2.05) is 0 Å². The fourth-order valence-corrected chi connectivity index (χ4v) is 1.71. The van der Waals surface area contributed by atoms with Gasteiger partial charge in [0.1, 0.15) is 17.7 Å². The minimum atomic E-state index is -1.05. The van der Waals surface area contributed by atoms with Crippen molar-refractivity contribution < 1.29 is 27.8 Å². The van der Waals surface area contributed by atoms with Gasteiger partial charge in [0, 0.05) is 11.6 Å². The van der Waals surface area contributed by atoms with Gasteiger partial charge in [0.2, 0.25) is 0 Å². The number of benzene rings is 1. The molecule has 0 aromatic heterocycles. The standard InChI is InChI=1S/C11H8F2O4/c1-16-9(14)4-8-10-6(11(15)17-8)2-5(12)3-7(10)13/h2-3,8H,4H2,1H3. The van der Waals surface area contributed by atoms with E-state index >= 15 is 0 Å². The summed E-state index contributed by atoms with van der Waals surface area (Å²) < 4.78 is 35.6. The van der Waals surface area contributed by atoms with Gasteiger partial charge in [0.15, 0.2) is 0 Å². The number of hydrogen-bond acceptors (Lipinski definition) is 4. The molecular weight excluding hydrogens is 234 g/mol. The van der Waals surface area contributed by atoms with E-state index in [2.05, 4.69) is 4.74 Å². The maximum Gasteiger partial charge on any atom is 0.339 e. The van der Waals surface area contributed by atoms with Crippen LogP contribution in [0, 0.1) is 11.6 Å². The van der Waals surface area contributed by atoms with Crippen LogP contribution in [0.25, 0.3) is 0 Å². The van der Waals surface area contributed by atoms with Crippen LogP contribution in [0.3, 0.4) is 0 Å². The number of hydrogen-bond donors (Lipinski definition) is 0. The fourth-order valence-electron chi connectivity index (χ4n) is 1.71. The number of carbonyl (C=O) groups is 2.